The van der Waals surface area contributed by atoms with E-state index in [2.05, 4.69) is 15.9 Å². The van der Waals surface area contributed by atoms with Crippen molar-refractivity contribution < 1.29 is 9.53 Å². The van der Waals surface area contributed by atoms with Gasteiger partial charge in [0.2, 0.25) is 0 Å². The quantitative estimate of drug-likeness (QED) is 0.803. The van der Waals surface area contributed by atoms with E-state index in [-0.39, 0.29) is 6.61 Å². The van der Waals surface area contributed by atoms with Gasteiger partial charge in [-0.1, -0.05) is 27.5 Å². The number of hydrogen-bond donors (Lipinski definition) is 0. The second-order valence-electron chi connectivity index (χ2n) is 3.62. The second kappa shape index (κ2) is 5.52. The highest BCUT2D eigenvalue weighted by Gasteiger charge is 2.37. The summed E-state index contributed by atoms with van der Waals surface area (Å²) in [4.78, 5) is 11.8. The molecule has 0 aliphatic heterocycles. The van der Waals surface area contributed by atoms with Crippen LogP contribution >= 0.6 is 27.5 Å². The lowest BCUT2D eigenvalue weighted by atomic mass is 9.84. The van der Waals surface area contributed by atoms with Crippen molar-refractivity contribution in [3.63, 3.8) is 0 Å². The molecule has 90 valence electrons. The Balaban J connectivity index is 3.26. The van der Waals surface area contributed by atoms with Gasteiger partial charge < -0.3 is 4.74 Å². The van der Waals surface area contributed by atoms with Gasteiger partial charge in [-0.05, 0) is 37.6 Å². The van der Waals surface area contributed by atoms with Gasteiger partial charge in [-0.25, -0.2) is 4.79 Å². The Hall–Kier alpha value is -1.05. The van der Waals surface area contributed by atoms with Crippen LogP contribution in [-0.2, 0) is 14.9 Å². The number of rotatable bonds is 3. The molecule has 1 aromatic carbocycles. The molecular formula is C12H11BrClNO2. The van der Waals surface area contributed by atoms with Crippen molar-refractivity contribution in [2.45, 2.75) is 19.3 Å². The summed E-state index contributed by atoms with van der Waals surface area (Å²) < 4.78 is 5.63. The normalized spacial score (nSPS) is 13.6. The molecule has 1 aromatic rings. The average molecular weight is 317 g/mol. The van der Waals surface area contributed by atoms with Crippen LogP contribution in [0, 0.1) is 11.3 Å². The van der Waals surface area contributed by atoms with Gasteiger partial charge in [0.25, 0.3) is 0 Å². The van der Waals surface area contributed by atoms with Crippen LogP contribution in [0.5, 0.6) is 0 Å². The maximum Gasteiger partial charge on any atom is 0.330 e. The monoisotopic (exact) mass is 315 g/mol. The fraction of sp³-hybridized carbons (Fsp3) is 0.333. The molecule has 0 saturated carbocycles. The fourth-order valence-corrected chi connectivity index (χ4v) is 2.21. The van der Waals surface area contributed by atoms with Crippen molar-refractivity contribution in [1.82, 2.24) is 0 Å². The molecular weight excluding hydrogens is 305 g/mol. The molecule has 0 N–H and O–H groups in total. The van der Waals surface area contributed by atoms with Gasteiger partial charge in [0.15, 0.2) is 5.41 Å². The van der Waals surface area contributed by atoms with Gasteiger partial charge in [0, 0.05) is 9.50 Å². The molecule has 0 radical (unpaired) electrons. The SMILES string of the molecule is CCOC(=O)C(C)(C#N)c1cc(Cl)cc(Br)c1. The lowest BCUT2D eigenvalue weighted by Gasteiger charge is -2.20. The van der Waals surface area contributed by atoms with Gasteiger partial charge in [0.1, 0.15) is 0 Å². The van der Waals surface area contributed by atoms with Crippen LogP contribution in [0.25, 0.3) is 0 Å². The number of carbonyl (C=O) groups excluding carboxylic acids is 1. The first kappa shape index (κ1) is 14.0. The summed E-state index contributed by atoms with van der Waals surface area (Å²) in [7, 11) is 0. The Morgan fingerprint density at radius 1 is 1.59 bits per heavy atom. The predicted molar refractivity (Wildman–Crippen MR) is 68.8 cm³/mol. The average Bonchev–Trinajstić information content (AvgIpc) is 2.26. The van der Waals surface area contributed by atoms with Crippen molar-refractivity contribution in [3.8, 4) is 6.07 Å². The molecule has 0 aliphatic carbocycles. The van der Waals surface area contributed by atoms with E-state index in [1.165, 1.54) is 6.92 Å². The van der Waals surface area contributed by atoms with Crippen molar-refractivity contribution in [3.05, 3.63) is 33.3 Å². The highest BCUT2D eigenvalue weighted by molar-refractivity contribution is 9.10. The third-order valence-electron chi connectivity index (χ3n) is 2.35. The second-order valence-corrected chi connectivity index (χ2v) is 4.97. The van der Waals surface area contributed by atoms with Crippen LogP contribution in [-0.4, -0.2) is 12.6 Å². The van der Waals surface area contributed by atoms with Crippen LogP contribution in [0.4, 0.5) is 0 Å². The molecule has 0 fully saturated rings. The molecule has 3 nitrogen and oxygen atoms in total. The summed E-state index contributed by atoms with van der Waals surface area (Å²) in [6, 6.07) is 6.94. The molecule has 1 unspecified atom stereocenters. The van der Waals surface area contributed by atoms with Crippen molar-refractivity contribution >= 4 is 33.5 Å². The predicted octanol–water partition coefficient (Wildman–Crippen LogP) is 3.45. The van der Waals surface area contributed by atoms with E-state index in [1.807, 2.05) is 6.07 Å². The minimum absolute atomic E-state index is 0.234. The van der Waals surface area contributed by atoms with E-state index >= 15 is 0 Å². The first-order valence-corrected chi connectivity index (χ1v) is 6.16. The minimum Gasteiger partial charge on any atom is -0.465 e. The standard InChI is InChI=1S/C12H11BrClNO2/c1-3-17-11(16)12(2,7-15)8-4-9(13)6-10(14)5-8/h4-6H,3H2,1-2H3. The number of ether oxygens (including phenoxy) is 1. The zero-order valence-corrected chi connectivity index (χ0v) is 11.8. The zero-order chi connectivity index (χ0) is 13.1. The maximum atomic E-state index is 11.8. The molecule has 0 heterocycles. The third kappa shape index (κ3) is 2.99. The van der Waals surface area contributed by atoms with E-state index < -0.39 is 11.4 Å². The first-order chi connectivity index (χ1) is 7.93. The van der Waals surface area contributed by atoms with E-state index in [0.29, 0.717) is 15.1 Å². The highest BCUT2D eigenvalue weighted by Crippen LogP contribution is 2.30. The number of nitriles is 1. The Labute approximate surface area is 113 Å². The Bertz CT molecular complexity index is 464. The van der Waals surface area contributed by atoms with Crippen LogP contribution < -0.4 is 0 Å². The number of carbonyl (C=O) groups is 1. The van der Waals surface area contributed by atoms with Crippen LogP contribution in [0.2, 0.25) is 5.02 Å². The number of esters is 1. The summed E-state index contributed by atoms with van der Waals surface area (Å²) in [6.45, 7) is 3.45. The lowest BCUT2D eigenvalue weighted by Crippen LogP contribution is -2.32. The first-order valence-electron chi connectivity index (χ1n) is 4.99. The minimum atomic E-state index is -1.34. The van der Waals surface area contributed by atoms with Gasteiger partial charge in [0.05, 0.1) is 12.7 Å². The van der Waals surface area contributed by atoms with E-state index in [0.717, 1.165) is 0 Å². The van der Waals surface area contributed by atoms with Gasteiger partial charge >= 0.3 is 5.97 Å². The molecule has 0 aliphatic rings. The van der Waals surface area contributed by atoms with Gasteiger partial charge in [-0.3, -0.25) is 0 Å². The van der Waals surface area contributed by atoms with Crippen LogP contribution in [0.3, 0.4) is 0 Å². The molecule has 17 heavy (non-hydrogen) atoms. The van der Waals surface area contributed by atoms with Crippen molar-refractivity contribution in [2.75, 3.05) is 6.61 Å². The lowest BCUT2D eigenvalue weighted by molar-refractivity contribution is -0.147. The maximum absolute atomic E-state index is 11.8. The number of halogens is 2. The molecule has 5 heteroatoms. The smallest absolute Gasteiger partial charge is 0.330 e. The molecule has 0 saturated heterocycles. The topological polar surface area (TPSA) is 50.1 Å². The van der Waals surface area contributed by atoms with Crippen LogP contribution in [0.15, 0.2) is 22.7 Å². The Kier molecular flexibility index (Phi) is 4.55. The summed E-state index contributed by atoms with van der Waals surface area (Å²) >= 11 is 9.18. The summed E-state index contributed by atoms with van der Waals surface area (Å²) in [5, 5.41) is 9.67. The Morgan fingerprint density at radius 3 is 2.71 bits per heavy atom. The number of benzene rings is 1. The Morgan fingerprint density at radius 2 is 2.24 bits per heavy atom. The molecule has 1 atom stereocenters. The van der Waals surface area contributed by atoms with Crippen molar-refractivity contribution in [1.29, 1.82) is 5.26 Å². The highest BCUT2D eigenvalue weighted by atomic mass is 79.9. The molecule has 0 amide bonds. The summed E-state index contributed by atoms with van der Waals surface area (Å²) in [5.74, 6) is -0.573. The number of hydrogen-bond acceptors (Lipinski definition) is 3. The molecule has 0 aromatic heterocycles. The molecule has 0 bridgehead atoms. The van der Waals surface area contributed by atoms with Gasteiger partial charge in [-0.2, -0.15) is 5.26 Å². The van der Waals surface area contributed by atoms with Crippen LogP contribution in [0.1, 0.15) is 19.4 Å². The fourth-order valence-electron chi connectivity index (χ4n) is 1.35. The van der Waals surface area contributed by atoms with Crippen molar-refractivity contribution in [2.24, 2.45) is 0 Å². The largest absolute Gasteiger partial charge is 0.465 e. The molecule has 1 rings (SSSR count). The van der Waals surface area contributed by atoms with Gasteiger partial charge in [-0.15, -0.1) is 0 Å². The summed E-state index contributed by atoms with van der Waals surface area (Å²) in [6.07, 6.45) is 0. The molecule has 0 spiro atoms. The summed E-state index contributed by atoms with van der Waals surface area (Å²) in [5.41, 5.74) is -0.832. The number of nitrogens with zero attached hydrogens (tertiary/aromatic N) is 1. The van der Waals surface area contributed by atoms with E-state index in [9.17, 15) is 10.1 Å². The van der Waals surface area contributed by atoms with E-state index in [1.54, 1.807) is 25.1 Å². The zero-order valence-electron chi connectivity index (χ0n) is 9.46. The van der Waals surface area contributed by atoms with E-state index in [4.69, 9.17) is 16.3 Å². The third-order valence-corrected chi connectivity index (χ3v) is 3.02.